The Morgan fingerprint density at radius 2 is 2.29 bits per heavy atom. The van der Waals surface area contributed by atoms with Gasteiger partial charge in [-0.3, -0.25) is 9.79 Å². The van der Waals surface area contributed by atoms with E-state index in [0.717, 1.165) is 12.8 Å². The van der Waals surface area contributed by atoms with Gasteiger partial charge in [0, 0.05) is 12.0 Å². The molecule has 0 saturated heterocycles. The number of carbonyl (C=O) groups excluding carboxylic acids is 2. The first-order valence-electron chi connectivity index (χ1n) is 5.70. The van der Waals surface area contributed by atoms with E-state index in [-0.39, 0.29) is 11.0 Å². The summed E-state index contributed by atoms with van der Waals surface area (Å²) in [5, 5.41) is -0.164. The van der Waals surface area contributed by atoms with E-state index in [1.54, 1.807) is 5.55 Å². The van der Waals surface area contributed by atoms with Gasteiger partial charge in [-0.2, -0.15) is 10.9 Å². The fraction of sp³-hybridized carbons (Fsp3) is 0.583. The molecule has 17 heavy (non-hydrogen) atoms. The van der Waals surface area contributed by atoms with Gasteiger partial charge in [-0.15, -0.1) is 0 Å². The Morgan fingerprint density at radius 1 is 1.59 bits per heavy atom. The minimum Gasteiger partial charge on any atom is -0.465 e. The molecule has 0 aromatic heterocycles. The number of ketones is 1. The second kappa shape index (κ2) is 6.59. The van der Waals surface area contributed by atoms with Crippen LogP contribution in [0, 0.1) is 0 Å². The van der Waals surface area contributed by atoms with E-state index in [2.05, 4.69) is 23.2 Å². The van der Waals surface area contributed by atoms with Crippen molar-refractivity contribution in [1.29, 1.82) is 0 Å². The molecule has 1 rings (SSSR count). The van der Waals surface area contributed by atoms with Gasteiger partial charge in [-0.05, 0) is 6.42 Å². The molecule has 0 saturated carbocycles. The van der Waals surface area contributed by atoms with Crippen LogP contribution in [0.4, 0.5) is 0 Å². The molecule has 0 aromatic carbocycles. The molecule has 0 amide bonds. The number of methoxy groups -OCH3 is 1. The van der Waals surface area contributed by atoms with Crippen LogP contribution in [0.3, 0.4) is 0 Å². The number of hydrogen-bond acceptors (Lipinski definition) is 4. The molecule has 0 aliphatic carbocycles. The first-order chi connectivity index (χ1) is 8.11. The maximum absolute atomic E-state index is 12.0. The van der Waals surface area contributed by atoms with E-state index in [9.17, 15) is 9.59 Å². The zero-order chi connectivity index (χ0) is 12.8. The lowest BCUT2D eigenvalue weighted by Gasteiger charge is -2.21. The Bertz CT molecular complexity index is 352. The monoisotopic (exact) mass is 257 g/mol. The maximum atomic E-state index is 12.0. The number of unbranched alkanes of at least 4 members (excludes halogenated alkanes) is 1. The molecule has 2 unspecified atom stereocenters. The van der Waals surface area contributed by atoms with Crippen molar-refractivity contribution in [1.82, 2.24) is 0 Å². The Hall–Kier alpha value is -1.10. The van der Waals surface area contributed by atoms with Crippen LogP contribution in [0.2, 0.25) is 0 Å². The number of nitrogens with zero attached hydrogens (tertiary/aromatic N) is 1. The molecule has 0 N–H and O–H groups in total. The molecule has 1 aliphatic rings. The molecular weight excluding hydrogens is 238 g/mol. The molecule has 96 valence electrons. The first-order valence-corrected chi connectivity index (χ1v) is 7.18. The van der Waals surface area contributed by atoms with Crippen LogP contribution in [-0.2, 0) is 14.3 Å². The summed E-state index contributed by atoms with van der Waals surface area (Å²) < 4.78 is 4.64. The topological polar surface area (TPSA) is 55.7 Å². The molecule has 0 fully saturated rings. The highest BCUT2D eigenvalue weighted by Gasteiger charge is 2.31. The van der Waals surface area contributed by atoms with Crippen molar-refractivity contribution in [2.24, 2.45) is 4.99 Å². The lowest BCUT2D eigenvalue weighted by molar-refractivity contribution is -0.135. The van der Waals surface area contributed by atoms with Crippen molar-refractivity contribution >= 4 is 28.2 Å². The van der Waals surface area contributed by atoms with E-state index in [1.165, 1.54) is 7.11 Å². The number of rotatable bonds is 6. The number of thiol groups is 1. The quantitative estimate of drug-likeness (QED) is 0.449. The predicted octanol–water partition coefficient (Wildman–Crippen LogP) is 1.84. The highest BCUT2D eigenvalue weighted by molar-refractivity contribution is 8.33. The lowest BCUT2D eigenvalue weighted by atomic mass is 10.1. The van der Waals surface area contributed by atoms with Crippen LogP contribution >= 0.6 is 10.9 Å². The number of Topliss-reactive ketones (excluding diaryl/α,β-unsaturated/α-hetero) is 1. The number of carbonyl (C=O) groups is 2. The zero-order valence-corrected chi connectivity index (χ0v) is 11.2. The van der Waals surface area contributed by atoms with Gasteiger partial charge in [-0.1, -0.05) is 19.9 Å². The van der Waals surface area contributed by atoms with Crippen molar-refractivity contribution < 1.29 is 14.3 Å². The van der Waals surface area contributed by atoms with Gasteiger partial charge < -0.3 is 4.74 Å². The fourth-order valence-corrected chi connectivity index (χ4v) is 3.62. The number of ether oxygens (including phenoxy) is 1. The van der Waals surface area contributed by atoms with Gasteiger partial charge in [0.1, 0.15) is 5.78 Å². The molecule has 4 nitrogen and oxygen atoms in total. The van der Waals surface area contributed by atoms with Gasteiger partial charge in [0.2, 0.25) is 0 Å². The van der Waals surface area contributed by atoms with Crippen molar-refractivity contribution in [3.63, 3.8) is 0 Å². The van der Waals surface area contributed by atoms with E-state index in [1.807, 2.05) is 0 Å². The second-order valence-corrected chi connectivity index (χ2v) is 6.12. The molecular formula is C12H19NO3S. The van der Waals surface area contributed by atoms with Crippen molar-refractivity contribution in [2.75, 3.05) is 13.7 Å². The third kappa shape index (κ3) is 3.43. The van der Waals surface area contributed by atoms with Crippen LogP contribution in [0.5, 0.6) is 0 Å². The van der Waals surface area contributed by atoms with Crippen LogP contribution in [0.15, 0.2) is 16.5 Å². The third-order valence-corrected chi connectivity index (χ3v) is 5.04. The number of aliphatic imine (C=N–C) groups is 1. The maximum Gasteiger partial charge on any atom is 0.342 e. The second-order valence-electron chi connectivity index (χ2n) is 3.91. The SMILES string of the molecule is C=C(C(=O)OC)[SH]1C=NCC1C(=O)CCCC. The largest absolute Gasteiger partial charge is 0.465 e. The van der Waals surface area contributed by atoms with Crippen LogP contribution < -0.4 is 0 Å². The smallest absolute Gasteiger partial charge is 0.342 e. The number of hydrogen-bond donors (Lipinski definition) is 1. The fourth-order valence-electron chi connectivity index (χ4n) is 1.66. The van der Waals surface area contributed by atoms with Gasteiger partial charge in [0.25, 0.3) is 0 Å². The minimum atomic E-state index is -0.981. The Balaban J connectivity index is 2.65. The molecule has 2 atom stereocenters. The van der Waals surface area contributed by atoms with E-state index >= 15 is 0 Å². The highest BCUT2D eigenvalue weighted by atomic mass is 32.2. The summed E-state index contributed by atoms with van der Waals surface area (Å²) in [7, 11) is 0.342. The molecule has 0 radical (unpaired) electrons. The Morgan fingerprint density at radius 3 is 2.88 bits per heavy atom. The number of esters is 1. The zero-order valence-electron chi connectivity index (χ0n) is 10.3. The van der Waals surface area contributed by atoms with Crippen molar-refractivity contribution in [2.45, 2.75) is 31.4 Å². The van der Waals surface area contributed by atoms with E-state index < -0.39 is 16.9 Å². The van der Waals surface area contributed by atoms with Crippen LogP contribution in [-0.4, -0.2) is 36.2 Å². The van der Waals surface area contributed by atoms with Gasteiger partial charge in [-0.25, -0.2) is 4.79 Å². The Labute approximate surface area is 104 Å². The molecule has 1 aliphatic heterocycles. The summed E-state index contributed by atoms with van der Waals surface area (Å²) in [6.45, 7) is 6.27. The predicted molar refractivity (Wildman–Crippen MR) is 71.8 cm³/mol. The average Bonchev–Trinajstić information content (AvgIpc) is 2.83. The van der Waals surface area contributed by atoms with Crippen LogP contribution in [0.1, 0.15) is 26.2 Å². The van der Waals surface area contributed by atoms with Gasteiger partial charge in [0.05, 0.1) is 23.8 Å². The summed E-state index contributed by atoms with van der Waals surface area (Å²) in [4.78, 5) is 27.9. The molecule has 0 spiro atoms. The third-order valence-electron chi connectivity index (χ3n) is 2.70. The first kappa shape index (κ1) is 14.0. The highest BCUT2D eigenvalue weighted by Crippen LogP contribution is 2.42. The van der Waals surface area contributed by atoms with Crippen molar-refractivity contribution in [3.8, 4) is 0 Å². The lowest BCUT2D eigenvalue weighted by Crippen LogP contribution is -2.23. The molecule has 0 bridgehead atoms. The summed E-state index contributed by atoms with van der Waals surface area (Å²) >= 11 is 0. The van der Waals surface area contributed by atoms with Gasteiger partial charge >= 0.3 is 5.97 Å². The van der Waals surface area contributed by atoms with Crippen LogP contribution in [0.25, 0.3) is 0 Å². The summed E-state index contributed by atoms with van der Waals surface area (Å²) in [6.07, 6.45) is 2.45. The van der Waals surface area contributed by atoms with E-state index in [4.69, 9.17) is 0 Å². The summed E-state index contributed by atoms with van der Waals surface area (Å²) in [5.74, 6) is -0.238. The molecule has 0 aromatic rings. The van der Waals surface area contributed by atoms with Gasteiger partial charge in [0.15, 0.2) is 0 Å². The average molecular weight is 257 g/mol. The summed E-state index contributed by atoms with van der Waals surface area (Å²) in [5.41, 5.74) is 1.71. The normalized spacial score (nSPS) is 24.6. The minimum absolute atomic E-state index is 0.164. The molecule has 1 heterocycles. The molecule has 5 heteroatoms. The standard InChI is InChI=1S/C12H19NO3S/c1-4-5-6-10(14)11-7-13-8-17(11)9(2)12(15)16-3/h8,11,17H,2,4-7H2,1,3H3. The Kier molecular flexibility index (Phi) is 5.41. The van der Waals surface area contributed by atoms with Crippen molar-refractivity contribution in [3.05, 3.63) is 11.5 Å². The summed E-state index contributed by atoms with van der Waals surface area (Å²) in [6, 6.07) is 0. The van der Waals surface area contributed by atoms with E-state index in [0.29, 0.717) is 17.9 Å².